The average Bonchev–Trinajstić information content (AvgIpc) is 2.81. The van der Waals surface area contributed by atoms with E-state index in [9.17, 15) is 14.0 Å². The van der Waals surface area contributed by atoms with Crippen LogP contribution in [0.2, 0.25) is 5.02 Å². The Morgan fingerprint density at radius 3 is 2.76 bits per heavy atom. The van der Waals surface area contributed by atoms with E-state index >= 15 is 0 Å². The number of nitrogens with zero attached hydrogens (tertiary/aromatic N) is 2. The summed E-state index contributed by atoms with van der Waals surface area (Å²) in [6.45, 7) is 2.41. The predicted octanol–water partition coefficient (Wildman–Crippen LogP) is 4.95. The second-order valence-electron chi connectivity index (χ2n) is 8.66. The normalized spacial score (nSPS) is 16.9. The van der Waals surface area contributed by atoms with E-state index in [1.54, 1.807) is 42.4 Å². The molecule has 1 saturated heterocycles. The van der Waals surface area contributed by atoms with Crippen LogP contribution in [0.15, 0.2) is 54.7 Å². The summed E-state index contributed by atoms with van der Waals surface area (Å²) in [4.78, 5) is 30.5. The maximum Gasteiger partial charge on any atom is 0.254 e. The molecule has 0 bridgehead atoms. The highest BCUT2D eigenvalue weighted by atomic mass is 35.5. The Bertz CT molecular complexity index is 1250. The van der Waals surface area contributed by atoms with Crippen molar-refractivity contribution in [1.82, 2.24) is 15.2 Å². The number of likely N-dealkylation sites (N-methyl/N-ethyl adjacent to an activating group) is 1. The number of benzene rings is 2. The molecule has 1 aromatic heterocycles. The van der Waals surface area contributed by atoms with Crippen LogP contribution in [-0.4, -0.2) is 35.3 Å². The molecule has 6 nitrogen and oxygen atoms in total. The number of likely N-dealkylation sites (tertiary alicyclic amines) is 1. The molecule has 1 aliphatic heterocycles. The topological polar surface area (TPSA) is 88.3 Å². The molecule has 2 amide bonds. The van der Waals surface area contributed by atoms with E-state index in [0.29, 0.717) is 29.1 Å². The van der Waals surface area contributed by atoms with E-state index < -0.39 is 11.7 Å². The van der Waals surface area contributed by atoms with Crippen molar-refractivity contribution < 1.29 is 14.0 Å². The van der Waals surface area contributed by atoms with Crippen molar-refractivity contribution in [2.45, 2.75) is 31.7 Å². The van der Waals surface area contributed by atoms with Gasteiger partial charge in [-0.2, -0.15) is 0 Å². The van der Waals surface area contributed by atoms with Gasteiger partial charge in [0.1, 0.15) is 11.6 Å². The number of amides is 2. The smallest absolute Gasteiger partial charge is 0.254 e. The first kappa shape index (κ1) is 23.7. The van der Waals surface area contributed by atoms with Gasteiger partial charge in [0.15, 0.2) is 0 Å². The van der Waals surface area contributed by atoms with Gasteiger partial charge in [-0.1, -0.05) is 29.8 Å². The first-order valence-electron chi connectivity index (χ1n) is 11.1. The molecule has 34 heavy (non-hydrogen) atoms. The number of hydrogen-bond acceptors (Lipinski definition) is 4. The minimum atomic E-state index is -0.652. The number of piperidine rings is 1. The molecular formula is C26H26ClFN4O2. The lowest BCUT2D eigenvalue weighted by Gasteiger charge is -2.30. The molecule has 2 heterocycles. The van der Waals surface area contributed by atoms with Gasteiger partial charge in [0.2, 0.25) is 5.91 Å². The van der Waals surface area contributed by atoms with Crippen LogP contribution in [0.3, 0.4) is 0 Å². The third-order valence-corrected chi connectivity index (χ3v) is 6.49. The Morgan fingerprint density at radius 1 is 1.26 bits per heavy atom. The van der Waals surface area contributed by atoms with Crippen LogP contribution in [0.4, 0.5) is 10.2 Å². The van der Waals surface area contributed by atoms with Crippen molar-refractivity contribution in [3.8, 4) is 11.1 Å². The van der Waals surface area contributed by atoms with Gasteiger partial charge in [-0.25, -0.2) is 9.37 Å². The number of carbonyl (C=O) groups is 2. The molecule has 3 N–H and O–H groups in total. The van der Waals surface area contributed by atoms with E-state index in [0.717, 1.165) is 17.5 Å². The monoisotopic (exact) mass is 480 g/mol. The summed E-state index contributed by atoms with van der Waals surface area (Å²) in [6.07, 6.45) is 2.92. The van der Waals surface area contributed by atoms with Crippen LogP contribution in [0.25, 0.3) is 11.1 Å². The van der Waals surface area contributed by atoms with Crippen molar-refractivity contribution in [1.29, 1.82) is 0 Å². The quantitative estimate of drug-likeness (QED) is 0.540. The molecule has 1 fully saturated rings. The maximum absolute atomic E-state index is 15.0. The first-order chi connectivity index (χ1) is 16.2. The Hall–Kier alpha value is -3.45. The molecule has 3 aromatic rings. The van der Waals surface area contributed by atoms with Crippen LogP contribution in [0.1, 0.15) is 53.2 Å². The van der Waals surface area contributed by atoms with Gasteiger partial charge in [-0.05, 0) is 60.4 Å². The molecule has 2 atom stereocenters. The summed E-state index contributed by atoms with van der Waals surface area (Å²) in [5.41, 5.74) is 8.93. The zero-order chi connectivity index (χ0) is 24.4. The average molecular weight is 481 g/mol. The van der Waals surface area contributed by atoms with Crippen molar-refractivity contribution in [2.24, 2.45) is 0 Å². The number of halogens is 2. The number of nitrogens with one attached hydrogen (secondary N) is 1. The van der Waals surface area contributed by atoms with Crippen molar-refractivity contribution in [3.63, 3.8) is 0 Å². The highest BCUT2D eigenvalue weighted by molar-refractivity contribution is 6.30. The minimum absolute atomic E-state index is 0.0623. The Kier molecular flexibility index (Phi) is 6.84. The van der Waals surface area contributed by atoms with Gasteiger partial charge in [-0.3, -0.25) is 9.59 Å². The lowest BCUT2D eigenvalue weighted by atomic mass is 9.90. The molecule has 2 aromatic carbocycles. The summed E-state index contributed by atoms with van der Waals surface area (Å²) in [5.74, 6) is -0.638. The molecular weight excluding hydrogens is 455 g/mol. The van der Waals surface area contributed by atoms with E-state index in [4.69, 9.17) is 17.3 Å². The second kappa shape index (κ2) is 9.81. The lowest BCUT2D eigenvalue weighted by molar-refractivity contribution is -0.132. The van der Waals surface area contributed by atoms with E-state index in [1.165, 1.54) is 12.1 Å². The number of anilines is 1. The van der Waals surface area contributed by atoms with Gasteiger partial charge in [0.05, 0.1) is 11.6 Å². The van der Waals surface area contributed by atoms with Gasteiger partial charge in [0, 0.05) is 42.7 Å². The van der Waals surface area contributed by atoms with Gasteiger partial charge in [0.25, 0.3) is 5.91 Å². The fraction of sp³-hybridized carbons (Fsp3) is 0.269. The SMILES string of the molecule is C[C@@H](NC(=O)c1ccc(-c2cc(C3CCC(=O)N(C)C3)cnc2N)cc1F)c1cccc(Cl)c1. The lowest BCUT2D eigenvalue weighted by Crippen LogP contribution is -2.35. The third kappa shape index (κ3) is 5.04. The Labute approximate surface area is 202 Å². The summed E-state index contributed by atoms with van der Waals surface area (Å²) in [7, 11) is 1.78. The van der Waals surface area contributed by atoms with Crippen LogP contribution >= 0.6 is 11.6 Å². The molecule has 4 rings (SSSR count). The molecule has 8 heteroatoms. The number of aromatic nitrogens is 1. The molecule has 0 aliphatic carbocycles. The van der Waals surface area contributed by atoms with Gasteiger partial charge >= 0.3 is 0 Å². The fourth-order valence-electron chi connectivity index (χ4n) is 4.23. The predicted molar refractivity (Wildman–Crippen MR) is 131 cm³/mol. The number of hydrogen-bond donors (Lipinski definition) is 2. The largest absolute Gasteiger partial charge is 0.383 e. The fourth-order valence-corrected chi connectivity index (χ4v) is 4.43. The molecule has 1 unspecified atom stereocenters. The van der Waals surface area contributed by atoms with E-state index in [1.807, 2.05) is 19.1 Å². The standard InChI is InChI=1S/C26H26ClFN4O2/c1-15(16-4-3-5-20(27)10-16)31-26(34)21-8-6-17(12-23(21)28)22-11-19(13-30-25(22)29)18-7-9-24(33)32(2)14-18/h3-6,8,10-13,15,18H,7,9,14H2,1-2H3,(H2,29,30)(H,31,34)/t15-,18?/m1/s1. The molecule has 176 valence electrons. The maximum atomic E-state index is 15.0. The number of nitrogens with two attached hydrogens (primary N) is 1. The molecule has 0 saturated carbocycles. The zero-order valence-electron chi connectivity index (χ0n) is 19.0. The molecule has 0 radical (unpaired) electrons. The third-order valence-electron chi connectivity index (χ3n) is 6.26. The number of nitrogen functional groups attached to an aromatic ring is 1. The number of carbonyl (C=O) groups excluding carboxylic acids is 2. The summed E-state index contributed by atoms with van der Waals surface area (Å²) in [6, 6.07) is 13.1. The van der Waals surface area contributed by atoms with Crippen molar-refractivity contribution in [3.05, 3.63) is 82.3 Å². The summed E-state index contributed by atoms with van der Waals surface area (Å²) < 4.78 is 15.0. The van der Waals surface area contributed by atoms with Crippen molar-refractivity contribution >= 4 is 29.2 Å². The van der Waals surface area contributed by atoms with Crippen LogP contribution in [0.5, 0.6) is 0 Å². The molecule has 1 aliphatic rings. The van der Waals surface area contributed by atoms with E-state index in [2.05, 4.69) is 10.3 Å². The Morgan fingerprint density at radius 2 is 2.06 bits per heavy atom. The first-order valence-corrected chi connectivity index (χ1v) is 11.5. The number of pyridine rings is 1. The highest BCUT2D eigenvalue weighted by Gasteiger charge is 2.25. The Balaban J connectivity index is 1.55. The number of rotatable bonds is 5. The second-order valence-corrected chi connectivity index (χ2v) is 9.09. The van der Waals surface area contributed by atoms with Crippen LogP contribution < -0.4 is 11.1 Å². The molecule has 0 spiro atoms. The minimum Gasteiger partial charge on any atom is -0.383 e. The van der Waals surface area contributed by atoms with Crippen LogP contribution in [0, 0.1) is 5.82 Å². The van der Waals surface area contributed by atoms with E-state index in [-0.39, 0.29) is 29.2 Å². The van der Waals surface area contributed by atoms with Gasteiger partial charge in [-0.15, -0.1) is 0 Å². The van der Waals surface area contributed by atoms with Crippen LogP contribution in [-0.2, 0) is 4.79 Å². The van der Waals surface area contributed by atoms with Gasteiger partial charge < -0.3 is 16.0 Å². The summed E-state index contributed by atoms with van der Waals surface area (Å²) in [5, 5.41) is 3.37. The zero-order valence-corrected chi connectivity index (χ0v) is 19.8. The highest BCUT2D eigenvalue weighted by Crippen LogP contribution is 2.32. The van der Waals surface area contributed by atoms with Crippen molar-refractivity contribution in [2.75, 3.05) is 19.3 Å². The summed E-state index contributed by atoms with van der Waals surface area (Å²) >= 11 is 6.02.